The molecule has 1 aliphatic rings. The predicted molar refractivity (Wildman–Crippen MR) is 134 cm³/mol. The van der Waals surface area contributed by atoms with Gasteiger partial charge in [0.05, 0.1) is 11.8 Å². The first-order chi connectivity index (χ1) is 18.4. The highest BCUT2D eigenvalue weighted by molar-refractivity contribution is 7.91. The highest BCUT2D eigenvalue weighted by Crippen LogP contribution is 2.27. The van der Waals surface area contributed by atoms with Crippen molar-refractivity contribution in [3.63, 3.8) is 0 Å². The number of alkyl halides is 3. The smallest absolute Gasteiger partial charge is 0.406 e. The molecule has 3 aromatic heterocycles. The molecule has 11 nitrogen and oxygen atoms in total. The highest BCUT2D eigenvalue weighted by atomic mass is 32.2. The summed E-state index contributed by atoms with van der Waals surface area (Å²) in [7, 11) is -3.05. The Hall–Kier alpha value is -4.01. The van der Waals surface area contributed by atoms with Crippen LogP contribution in [0.3, 0.4) is 0 Å². The average Bonchev–Trinajstić information content (AvgIpc) is 3.51. The number of pyridine rings is 1. The Labute approximate surface area is 221 Å². The van der Waals surface area contributed by atoms with Crippen LogP contribution >= 0.6 is 0 Å². The molecule has 0 spiro atoms. The second kappa shape index (κ2) is 10.3. The molecule has 206 valence electrons. The minimum atomic E-state index is -4.78. The fourth-order valence-electron chi connectivity index (χ4n) is 4.32. The van der Waals surface area contributed by atoms with E-state index in [1.165, 1.54) is 18.4 Å². The van der Waals surface area contributed by atoms with Crippen molar-refractivity contribution in [3.05, 3.63) is 54.0 Å². The van der Waals surface area contributed by atoms with Crippen LogP contribution < -0.4 is 9.64 Å². The minimum Gasteiger partial charge on any atom is -0.406 e. The molecule has 4 aromatic rings. The van der Waals surface area contributed by atoms with Crippen LogP contribution in [0.5, 0.6) is 5.75 Å². The van der Waals surface area contributed by atoms with Gasteiger partial charge >= 0.3 is 6.36 Å². The number of hydrogen-bond acceptors (Lipinski definition) is 10. The number of aromatic nitrogens is 6. The Morgan fingerprint density at radius 1 is 1.08 bits per heavy atom. The van der Waals surface area contributed by atoms with Gasteiger partial charge in [-0.2, -0.15) is 4.98 Å². The monoisotopic (exact) mass is 563 g/mol. The van der Waals surface area contributed by atoms with E-state index in [2.05, 4.69) is 34.8 Å². The molecule has 0 atom stereocenters. The van der Waals surface area contributed by atoms with Gasteiger partial charge in [-0.25, -0.2) is 23.1 Å². The zero-order chi connectivity index (χ0) is 27.8. The van der Waals surface area contributed by atoms with Crippen LogP contribution in [0.25, 0.3) is 23.1 Å². The average molecular weight is 564 g/mol. The number of piperidine rings is 1. The largest absolute Gasteiger partial charge is 0.573 e. The van der Waals surface area contributed by atoms with Gasteiger partial charge in [0.2, 0.25) is 11.6 Å². The van der Waals surface area contributed by atoms with Gasteiger partial charge in [-0.05, 0) is 61.7 Å². The van der Waals surface area contributed by atoms with Gasteiger partial charge in [0.15, 0.2) is 0 Å². The van der Waals surface area contributed by atoms with Crippen molar-refractivity contribution in [1.82, 2.24) is 29.9 Å². The van der Waals surface area contributed by atoms with Gasteiger partial charge in [0.25, 0.3) is 5.89 Å². The Morgan fingerprint density at radius 2 is 1.79 bits per heavy atom. The second-order valence-corrected chi connectivity index (χ2v) is 11.5. The molecule has 39 heavy (non-hydrogen) atoms. The van der Waals surface area contributed by atoms with E-state index in [1.807, 2.05) is 12.1 Å². The lowest BCUT2D eigenvalue weighted by Crippen LogP contribution is -2.39. The van der Waals surface area contributed by atoms with Crippen LogP contribution in [0.4, 0.5) is 19.0 Å². The van der Waals surface area contributed by atoms with Gasteiger partial charge in [0.1, 0.15) is 27.2 Å². The third-order valence-corrected chi connectivity index (χ3v) is 8.02. The van der Waals surface area contributed by atoms with Crippen molar-refractivity contribution in [2.45, 2.75) is 37.9 Å². The summed E-state index contributed by atoms with van der Waals surface area (Å²) in [5.41, 5.74) is 1.36. The minimum absolute atomic E-state index is 0.0617. The Balaban J connectivity index is 1.27. The normalized spacial score (nSPS) is 15.1. The van der Waals surface area contributed by atoms with Crippen LogP contribution in [-0.2, 0) is 16.4 Å². The molecule has 0 aliphatic carbocycles. The molecule has 1 fully saturated rings. The number of benzene rings is 1. The van der Waals surface area contributed by atoms with Gasteiger partial charge in [0, 0.05) is 31.1 Å². The molecule has 0 saturated carbocycles. The Kier molecular flexibility index (Phi) is 7.01. The van der Waals surface area contributed by atoms with Crippen molar-refractivity contribution in [1.29, 1.82) is 0 Å². The van der Waals surface area contributed by atoms with Crippen molar-refractivity contribution >= 4 is 15.7 Å². The van der Waals surface area contributed by atoms with Crippen molar-refractivity contribution in [3.8, 4) is 28.9 Å². The van der Waals surface area contributed by atoms with E-state index < -0.39 is 16.2 Å². The molecule has 5 rings (SSSR count). The quantitative estimate of drug-likeness (QED) is 0.328. The summed E-state index contributed by atoms with van der Waals surface area (Å²) in [5.74, 6) is 1.45. The first kappa shape index (κ1) is 26.6. The maximum absolute atomic E-state index is 12.4. The van der Waals surface area contributed by atoms with Crippen LogP contribution in [0.15, 0.2) is 47.1 Å². The van der Waals surface area contributed by atoms with Gasteiger partial charge in [-0.15, -0.1) is 18.3 Å². The molecule has 4 heterocycles. The van der Waals surface area contributed by atoms with Crippen LogP contribution in [0.1, 0.15) is 24.2 Å². The molecule has 0 bridgehead atoms. The summed E-state index contributed by atoms with van der Waals surface area (Å²) in [4.78, 5) is 15.2. The van der Waals surface area contributed by atoms with Crippen LogP contribution in [0, 0.1) is 6.92 Å². The number of halogens is 3. The summed E-state index contributed by atoms with van der Waals surface area (Å²) < 4.78 is 71.7. The van der Waals surface area contributed by atoms with Crippen molar-refractivity contribution < 1.29 is 30.8 Å². The topological polar surface area (TPSA) is 129 Å². The first-order valence-corrected chi connectivity index (χ1v) is 13.9. The number of aryl methyl sites for hydroxylation is 1. The molecule has 15 heteroatoms. The second-order valence-electron chi connectivity index (χ2n) is 9.17. The number of ether oxygens (including phenoxy) is 1. The maximum atomic E-state index is 12.4. The van der Waals surface area contributed by atoms with Crippen molar-refractivity contribution in [2.75, 3.05) is 24.2 Å². The number of sulfone groups is 1. The fourth-order valence-corrected chi connectivity index (χ4v) is 5.38. The molecule has 0 unspecified atom stereocenters. The predicted octanol–water partition coefficient (Wildman–Crippen LogP) is 3.66. The number of anilines is 1. The maximum Gasteiger partial charge on any atom is 0.573 e. The molecular formula is C24H24F3N7O4S. The lowest BCUT2D eigenvalue weighted by atomic mass is 10.1. The molecule has 1 saturated heterocycles. The molecule has 1 aliphatic heterocycles. The van der Waals surface area contributed by atoms with E-state index in [4.69, 9.17) is 4.52 Å². The highest BCUT2D eigenvalue weighted by Gasteiger charge is 2.31. The van der Waals surface area contributed by atoms with E-state index in [9.17, 15) is 21.6 Å². The van der Waals surface area contributed by atoms with Crippen molar-refractivity contribution in [2.24, 2.45) is 0 Å². The first-order valence-electron chi connectivity index (χ1n) is 11.9. The summed E-state index contributed by atoms with van der Waals surface area (Å²) >= 11 is 0. The third-order valence-electron chi connectivity index (χ3n) is 6.33. The van der Waals surface area contributed by atoms with Gasteiger partial charge in [-0.3, -0.25) is 0 Å². The SMILES string of the molecule is Cc1nc(-c2nc(-c3ccc(OC(F)(F)F)cc3)no2)nn1Cc1ccnc(N2CCC(S(C)(=O)=O)CC2)c1. The van der Waals surface area contributed by atoms with E-state index >= 15 is 0 Å². The molecule has 0 radical (unpaired) electrons. The Morgan fingerprint density at radius 3 is 2.46 bits per heavy atom. The standard InChI is InChI=1S/C24H24F3N7O4S/c1-15-29-22(23-30-21(32-38-23)17-3-5-18(6-4-17)37-24(25,26)27)31-34(15)14-16-7-10-28-20(13-16)33-11-8-19(9-12-33)39(2,35)36/h3-7,10,13,19H,8-9,11-12,14H2,1-2H3. The van der Waals surface area contributed by atoms with E-state index in [0.29, 0.717) is 43.9 Å². The number of hydrogen-bond donors (Lipinski definition) is 0. The summed E-state index contributed by atoms with van der Waals surface area (Å²) in [6.45, 7) is 3.40. The fraction of sp³-hybridized carbons (Fsp3) is 0.375. The zero-order valence-electron chi connectivity index (χ0n) is 21.0. The summed E-state index contributed by atoms with van der Waals surface area (Å²) in [6.07, 6.45) is -0.666. The lowest BCUT2D eigenvalue weighted by Gasteiger charge is -2.32. The van der Waals surface area contributed by atoms with Crippen LogP contribution in [0.2, 0.25) is 0 Å². The van der Waals surface area contributed by atoms with E-state index in [1.54, 1.807) is 17.8 Å². The number of nitrogens with zero attached hydrogens (tertiary/aromatic N) is 7. The molecule has 0 N–H and O–H groups in total. The zero-order valence-corrected chi connectivity index (χ0v) is 21.8. The van der Waals surface area contributed by atoms with Crippen LogP contribution in [-0.4, -0.2) is 69.3 Å². The molecule has 0 amide bonds. The summed E-state index contributed by atoms with van der Waals surface area (Å²) in [6, 6.07) is 8.90. The lowest BCUT2D eigenvalue weighted by molar-refractivity contribution is -0.274. The van der Waals surface area contributed by atoms with Gasteiger partial charge < -0.3 is 14.2 Å². The van der Waals surface area contributed by atoms with Gasteiger partial charge in [-0.1, -0.05) is 5.16 Å². The third kappa shape index (κ3) is 6.35. The Bertz CT molecular complexity index is 1560. The van der Waals surface area contributed by atoms with E-state index in [0.717, 1.165) is 23.5 Å². The van der Waals surface area contributed by atoms with E-state index in [-0.39, 0.29) is 28.5 Å². The molecular weight excluding hydrogens is 539 g/mol. The molecule has 1 aromatic carbocycles. The summed E-state index contributed by atoms with van der Waals surface area (Å²) in [5, 5.41) is 8.05. The number of rotatable bonds is 7.